The van der Waals surface area contributed by atoms with E-state index in [0.717, 1.165) is 89.9 Å². The van der Waals surface area contributed by atoms with Crippen LogP contribution in [0.3, 0.4) is 0 Å². The van der Waals surface area contributed by atoms with Crippen molar-refractivity contribution >= 4 is 13.8 Å². The van der Waals surface area contributed by atoms with Crippen molar-refractivity contribution in [2.24, 2.45) is 5.73 Å². The van der Waals surface area contributed by atoms with Gasteiger partial charge in [0.2, 0.25) is 0 Å². The molecule has 0 aliphatic carbocycles. The van der Waals surface area contributed by atoms with Crippen molar-refractivity contribution in [2.45, 2.75) is 174 Å². The maximum Gasteiger partial charge on any atom is 0.472 e. The Morgan fingerprint density at radius 3 is 1.40 bits per heavy atom. The second kappa shape index (κ2) is 47.2. The Balaban J connectivity index is 4.15. The van der Waals surface area contributed by atoms with Crippen molar-refractivity contribution in [2.75, 3.05) is 33.0 Å². The van der Waals surface area contributed by atoms with Gasteiger partial charge in [-0.2, -0.15) is 0 Å². The first-order valence-corrected chi connectivity index (χ1v) is 24.9. The Morgan fingerprint density at radius 2 is 0.933 bits per heavy atom. The summed E-state index contributed by atoms with van der Waals surface area (Å²) in [4.78, 5) is 22.5. The molecule has 2 unspecified atom stereocenters. The summed E-state index contributed by atoms with van der Waals surface area (Å²) in [5, 5.41) is 0. The van der Waals surface area contributed by atoms with Crippen LogP contribution in [0.4, 0.5) is 0 Å². The van der Waals surface area contributed by atoms with Crippen LogP contribution < -0.4 is 5.73 Å². The van der Waals surface area contributed by atoms with Crippen molar-refractivity contribution < 1.29 is 32.8 Å². The summed E-state index contributed by atoms with van der Waals surface area (Å²) >= 11 is 0. The first-order valence-electron chi connectivity index (χ1n) is 23.4. The van der Waals surface area contributed by atoms with Crippen LogP contribution in [0.25, 0.3) is 0 Å². The van der Waals surface area contributed by atoms with Gasteiger partial charge in [0.15, 0.2) is 0 Å². The summed E-state index contributed by atoms with van der Waals surface area (Å²) in [7, 11) is -4.30. The Kier molecular flexibility index (Phi) is 45.0. The SMILES string of the molecule is CC/C=C\C/C=C\C/C=C\C/C=C\C/C=C\C/C=C\CCCCC(=O)OC(COCCCCCCCCC/C=C\C/C=C\C/C=C\CCCCC)COP(=O)(O)OCCN. The molecule has 0 aromatic rings. The van der Waals surface area contributed by atoms with Crippen molar-refractivity contribution in [3.63, 3.8) is 0 Å². The zero-order valence-corrected chi connectivity index (χ0v) is 38.8. The van der Waals surface area contributed by atoms with E-state index in [2.05, 4.69) is 123 Å². The fourth-order valence-electron chi connectivity index (χ4n) is 5.77. The summed E-state index contributed by atoms with van der Waals surface area (Å²) in [5.41, 5.74) is 5.37. The molecule has 0 aliphatic rings. The summed E-state index contributed by atoms with van der Waals surface area (Å²) in [6, 6.07) is 0. The summed E-state index contributed by atoms with van der Waals surface area (Å²) in [5.74, 6) is -0.380. The van der Waals surface area contributed by atoms with Gasteiger partial charge in [0.1, 0.15) is 6.10 Å². The molecule has 8 nitrogen and oxygen atoms in total. The fourth-order valence-corrected chi connectivity index (χ4v) is 6.53. The van der Waals surface area contributed by atoms with E-state index in [1.165, 1.54) is 51.4 Å². The Morgan fingerprint density at radius 1 is 0.517 bits per heavy atom. The van der Waals surface area contributed by atoms with Gasteiger partial charge in [-0.1, -0.05) is 168 Å². The minimum Gasteiger partial charge on any atom is -0.457 e. The third kappa shape index (κ3) is 46.2. The first-order chi connectivity index (χ1) is 29.4. The molecule has 342 valence electrons. The number of hydrogen-bond donors (Lipinski definition) is 2. The molecule has 0 heterocycles. The van der Waals surface area contributed by atoms with Gasteiger partial charge < -0.3 is 20.1 Å². The molecule has 0 saturated heterocycles. The zero-order valence-electron chi connectivity index (χ0n) is 37.9. The van der Waals surface area contributed by atoms with Crippen LogP contribution >= 0.6 is 7.82 Å². The van der Waals surface area contributed by atoms with E-state index in [1.807, 2.05) is 0 Å². The highest BCUT2D eigenvalue weighted by Crippen LogP contribution is 2.43. The molecule has 0 aliphatic heterocycles. The predicted molar refractivity (Wildman–Crippen MR) is 256 cm³/mol. The Bertz CT molecular complexity index is 1280. The summed E-state index contributed by atoms with van der Waals surface area (Å²) in [6.45, 7) is 4.67. The van der Waals surface area contributed by atoms with Crippen LogP contribution in [0.5, 0.6) is 0 Å². The van der Waals surface area contributed by atoms with Gasteiger partial charge in [-0.3, -0.25) is 13.8 Å². The van der Waals surface area contributed by atoms with Gasteiger partial charge in [0.25, 0.3) is 0 Å². The lowest BCUT2D eigenvalue weighted by Crippen LogP contribution is -2.28. The van der Waals surface area contributed by atoms with Crippen molar-refractivity contribution in [1.29, 1.82) is 0 Å². The zero-order chi connectivity index (χ0) is 43.7. The third-order valence-electron chi connectivity index (χ3n) is 9.17. The molecule has 0 fully saturated rings. The molecule has 0 saturated carbocycles. The van der Waals surface area contributed by atoms with E-state index in [9.17, 15) is 14.3 Å². The van der Waals surface area contributed by atoms with Gasteiger partial charge in [0, 0.05) is 19.6 Å². The number of unbranched alkanes of at least 4 members (excludes halogenated alkanes) is 12. The van der Waals surface area contributed by atoms with E-state index < -0.39 is 13.9 Å². The number of carbonyl (C=O) groups is 1. The van der Waals surface area contributed by atoms with Gasteiger partial charge in [0.05, 0.1) is 19.8 Å². The largest absolute Gasteiger partial charge is 0.472 e. The fraction of sp³-hybridized carbons (Fsp3) is 0.627. The first kappa shape index (κ1) is 57.2. The minimum absolute atomic E-state index is 0.0840. The van der Waals surface area contributed by atoms with E-state index in [4.69, 9.17) is 24.3 Å². The number of phosphoric ester groups is 1. The maximum atomic E-state index is 12.6. The highest BCUT2D eigenvalue weighted by atomic mass is 31.2. The summed E-state index contributed by atoms with van der Waals surface area (Å²) < 4.78 is 33.5. The lowest BCUT2D eigenvalue weighted by molar-refractivity contribution is -0.154. The monoisotopic (exact) mass is 856 g/mol. The van der Waals surface area contributed by atoms with Crippen LogP contribution in [0.2, 0.25) is 0 Å². The molecule has 9 heteroatoms. The molecule has 0 rings (SSSR count). The number of nitrogens with two attached hydrogens (primary N) is 1. The molecule has 0 amide bonds. The van der Waals surface area contributed by atoms with Gasteiger partial charge in [-0.05, 0) is 103 Å². The Hall–Kier alpha value is -2.84. The van der Waals surface area contributed by atoms with Crippen LogP contribution in [-0.4, -0.2) is 49.9 Å². The van der Waals surface area contributed by atoms with E-state index >= 15 is 0 Å². The van der Waals surface area contributed by atoms with E-state index in [-0.39, 0.29) is 38.8 Å². The smallest absolute Gasteiger partial charge is 0.457 e. The number of esters is 1. The number of hydrogen-bond acceptors (Lipinski definition) is 7. The van der Waals surface area contributed by atoms with Crippen LogP contribution in [0.15, 0.2) is 109 Å². The molecule has 2 atom stereocenters. The maximum absolute atomic E-state index is 12.6. The van der Waals surface area contributed by atoms with Crippen molar-refractivity contribution in [3.05, 3.63) is 109 Å². The standard InChI is InChI=1S/C51H86NO7P/c1-3-5-7-9-11-13-15-17-19-21-23-25-26-28-30-32-34-36-38-40-42-44-51(53)59-50(49-58-60(54,55)57-47-45-52)48-56-46-43-41-39-37-35-33-31-29-27-24-22-20-18-16-14-12-10-8-6-4-2/h5,7,11-14,17-20,23-25,27-28,30,34,36,50H,3-4,6,8-10,15-16,21-22,26,29,31-33,35,37-49,52H2,1-2H3,(H,54,55)/b7-5-,13-11-,14-12-,19-17-,20-18-,25-23-,27-24-,30-28-,36-34-. The quantitative estimate of drug-likeness (QED) is 0.0269. The minimum atomic E-state index is -4.30. The second-order valence-corrected chi connectivity index (χ2v) is 16.3. The normalized spacial score (nSPS) is 14.4. The predicted octanol–water partition coefficient (Wildman–Crippen LogP) is 14.4. The molecular formula is C51H86NO7P. The topological polar surface area (TPSA) is 117 Å². The number of allylic oxidation sites excluding steroid dienone is 18. The van der Waals surface area contributed by atoms with Crippen LogP contribution in [0.1, 0.15) is 168 Å². The average Bonchev–Trinajstić information content (AvgIpc) is 3.24. The number of rotatable bonds is 43. The third-order valence-corrected chi connectivity index (χ3v) is 10.2. The molecular weight excluding hydrogens is 770 g/mol. The highest BCUT2D eigenvalue weighted by molar-refractivity contribution is 7.47. The second-order valence-electron chi connectivity index (χ2n) is 14.9. The molecule has 3 N–H and O–H groups in total. The molecule has 0 aromatic heterocycles. The summed E-state index contributed by atoms with van der Waals surface area (Å²) in [6.07, 6.45) is 64.0. The van der Waals surface area contributed by atoms with Crippen LogP contribution in [-0.2, 0) is 27.9 Å². The van der Waals surface area contributed by atoms with E-state index in [1.54, 1.807) is 0 Å². The van der Waals surface area contributed by atoms with Crippen molar-refractivity contribution in [3.8, 4) is 0 Å². The van der Waals surface area contributed by atoms with Crippen molar-refractivity contribution in [1.82, 2.24) is 0 Å². The number of phosphoric acid groups is 1. The van der Waals surface area contributed by atoms with E-state index in [0.29, 0.717) is 13.0 Å². The molecule has 60 heavy (non-hydrogen) atoms. The highest BCUT2D eigenvalue weighted by Gasteiger charge is 2.25. The average molecular weight is 856 g/mol. The molecule has 0 spiro atoms. The van der Waals surface area contributed by atoms with Gasteiger partial charge in [-0.15, -0.1) is 0 Å². The van der Waals surface area contributed by atoms with Gasteiger partial charge in [-0.25, -0.2) is 4.57 Å². The number of carbonyl (C=O) groups excluding carboxylic acids is 1. The molecule has 0 bridgehead atoms. The lowest BCUT2D eigenvalue weighted by atomic mass is 10.1. The van der Waals surface area contributed by atoms with Gasteiger partial charge >= 0.3 is 13.8 Å². The van der Waals surface area contributed by atoms with Crippen LogP contribution in [0, 0.1) is 0 Å². The molecule has 0 aromatic carbocycles. The molecule has 0 radical (unpaired) electrons. The lowest BCUT2D eigenvalue weighted by Gasteiger charge is -2.20. The Labute approximate surface area is 367 Å². The number of ether oxygens (including phenoxy) is 2.